The van der Waals surface area contributed by atoms with Crippen LogP contribution in [0.4, 0.5) is 5.82 Å². The van der Waals surface area contributed by atoms with Crippen molar-refractivity contribution < 1.29 is 0 Å². The summed E-state index contributed by atoms with van der Waals surface area (Å²) in [6.45, 7) is 15.4. The second-order valence-corrected chi connectivity index (χ2v) is 7.68. The lowest BCUT2D eigenvalue weighted by molar-refractivity contribution is 0.422. The van der Waals surface area contributed by atoms with Crippen LogP contribution in [-0.2, 0) is 13.6 Å². The second-order valence-electron chi connectivity index (χ2n) is 7.68. The maximum atomic E-state index is 4.66. The van der Waals surface area contributed by atoms with Gasteiger partial charge in [0, 0.05) is 36.8 Å². The van der Waals surface area contributed by atoms with Gasteiger partial charge in [-0.05, 0) is 54.4 Å². The number of nitrogens with zero attached hydrogens (tertiary/aromatic N) is 3. The van der Waals surface area contributed by atoms with Crippen molar-refractivity contribution >= 4 is 5.82 Å². The van der Waals surface area contributed by atoms with Crippen LogP contribution in [-0.4, -0.2) is 27.4 Å². The van der Waals surface area contributed by atoms with Gasteiger partial charge in [-0.15, -0.1) is 0 Å². The predicted molar refractivity (Wildman–Crippen MR) is 85.2 cm³/mol. The van der Waals surface area contributed by atoms with Gasteiger partial charge in [0.05, 0.1) is 5.69 Å². The summed E-state index contributed by atoms with van der Waals surface area (Å²) in [5.41, 5.74) is 2.84. The first-order valence-electron chi connectivity index (χ1n) is 7.67. The molecular formula is C16H30N4. The molecule has 1 aliphatic rings. The van der Waals surface area contributed by atoms with Crippen molar-refractivity contribution in [3.8, 4) is 0 Å². The lowest BCUT2D eigenvalue weighted by atomic mass is 10.0. The average Bonchev–Trinajstić information content (AvgIpc) is 2.74. The maximum absolute atomic E-state index is 4.66. The zero-order valence-corrected chi connectivity index (χ0v) is 14.2. The highest BCUT2D eigenvalue weighted by atomic mass is 15.4. The summed E-state index contributed by atoms with van der Waals surface area (Å²) in [5, 5.41) is 8.26. The molecule has 0 atom stereocenters. The molecule has 1 N–H and O–H groups in total. The molecule has 2 rings (SSSR count). The van der Waals surface area contributed by atoms with E-state index in [1.807, 2.05) is 0 Å². The second kappa shape index (κ2) is 5.06. The zero-order chi connectivity index (χ0) is 15.1. The highest BCUT2D eigenvalue weighted by Gasteiger charge is 2.35. The van der Waals surface area contributed by atoms with Crippen molar-refractivity contribution in [2.45, 2.75) is 72.0 Å². The Kier molecular flexibility index (Phi) is 3.89. The molecule has 1 fully saturated rings. The average molecular weight is 278 g/mol. The first-order chi connectivity index (χ1) is 9.12. The third-order valence-corrected chi connectivity index (χ3v) is 4.27. The van der Waals surface area contributed by atoms with E-state index >= 15 is 0 Å². The molecule has 0 amide bonds. The smallest absolute Gasteiger partial charge is 0.131 e. The molecule has 1 aromatic rings. The lowest BCUT2D eigenvalue weighted by Gasteiger charge is -2.34. The predicted octanol–water partition coefficient (Wildman–Crippen LogP) is 3.00. The van der Waals surface area contributed by atoms with E-state index in [9.17, 15) is 0 Å². The van der Waals surface area contributed by atoms with E-state index in [1.54, 1.807) is 0 Å². The van der Waals surface area contributed by atoms with Gasteiger partial charge in [-0.1, -0.05) is 0 Å². The van der Waals surface area contributed by atoms with Crippen LogP contribution in [0.15, 0.2) is 0 Å². The Labute approximate surface area is 123 Å². The third-order valence-electron chi connectivity index (χ3n) is 4.27. The summed E-state index contributed by atoms with van der Waals surface area (Å²) < 4.78 is 2.06. The van der Waals surface area contributed by atoms with Crippen LogP contribution in [0.25, 0.3) is 0 Å². The van der Waals surface area contributed by atoms with Gasteiger partial charge in [0.1, 0.15) is 5.82 Å². The van der Waals surface area contributed by atoms with E-state index in [-0.39, 0.29) is 11.1 Å². The standard InChI is InChI=1S/C16H30N4/c1-12-13(11-17-15(2,3)4)14(19(7)18-12)20-10-8-9-16(20,5)6/h17H,8-11H2,1-7H3. The largest absolute Gasteiger partial charge is 0.351 e. The highest BCUT2D eigenvalue weighted by molar-refractivity contribution is 5.53. The normalized spacial score (nSPS) is 18.9. The van der Waals surface area contributed by atoms with Crippen LogP contribution in [0.3, 0.4) is 0 Å². The van der Waals surface area contributed by atoms with Crippen molar-refractivity contribution in [1.29, 1.82) is 0 Å². The monoisotopic (exact) mass is 278 g/mol. The van der Waals surface area contributed by atoms with Gasteiger partial charge in [-0.25, -0.2) is 0 Å². The van der Waals surface area contributed by atoms with Gasteiger partial charge in [-0.2, -0.15) is 5.10 Å². The summed E-state index contributed by atoms with van der Waals surface area (Å²) in [6, 6.07) is 0. The van der Waals surface area contributed by atoms with Crippen LogP contribution >= 0.6 is 0 Å². The minimum Gasteiger partial charge on any atom is -0.351 e. The molecule has 0 aromatic carbocycles. The first kappa shape index (κ1) is 15.4. The molecule has 20 heavy (non-hydrogen) atoms. The molecular weight excluding hydrogens is 248 g/mol. The molecule has 0 aliphatic carbocycles. The highest BCUT2D eigenvalue weighted by Crippen LogP contribution is 2.36. The number of rotatable bonds is 3. The molecule has 4 heteroatoms. The van der Waals surface area contributed by atoms with Gasteiger partial charge >= 0.3 is 0 Å². The van der Waals surface area contributed by atoms with Gasteiger partial charge in [0.25, 0.3) is 0 Å². The number of hydrogen-bond donors (Lipinski definition) is 1. The number of hydrogen-bond acceptors (Lipinski definition) is 3. The molecule has 4 nitrogen and oxygen atoms in total. The Hall–Kier alpha value is -1.03. The van der Waals surface area contributed by atoms with E-state index < -0.39 is 0 Å². The summed E-state index contributed by atoms with van der Waals surface area (Å²) >= 11 is 0. The Morgan fingerprint density at radius 3 is 2.45 bits per heavy atom. The summed E-state index contributed by atoms with van der Waals surface area (Å²) in [7, 11) is 2.07. The molecule has 0 saturated carbocycles. The maximum Gasteiger partial charge on any atom is 0.131 e. The minimum absolute atomic E-state index is 0.125. The van der Waals surface area contributed by atoms with E-state index in [0.717, 1.165) is 18.8 Å². The molecule has 0 radical (unpaired) electrons. The van der Waals surface area contributed by atoms with Gasteiger partial charge < -0.3 is 10.2 Å². The van der Waals surface area contributed by atoms with Crippen LogP contribution in [0.2, 0.25) is 0 Å². The van der Waals surface area contributed by atoms with Crippen molar-refractivity contribution in [3.63, 3.8) is 0 Å². The van der Waals surface area contributed by atoms with E-state index in [2.05, 4.69) is 68.6 Å². The molecule has 1 aliphatic heterocycles. The molecule has 1 aromatic heterocycles. The van der Waals surface area contributed by atoms with Crippen LogP contribution in [0.1, 0.15) is 58.7 Å². The van der Waals surface area contributed by atoms with E-state index in [0.29, 0.717) is 0 Å². The fourth-order valence-electron chi connectivity index (χ4n) is 3.09. The summed E-state index contributed by atoms with van der Waals surface area (Å²) in [5.74, 6) is 1.29. The van der Waals surface area contributed by atoms with Crippen molar-refractivity contribution in [3.05, 3.63) is 11.3 Å². The molecule has 0 unspecified atom stereocenters. The van der Waals surface area contributed by atoms with Gasteiger partial charge in [0.15, 0.2) is 0 Å². The molecule has 0 bridgehead atoms. The van der Waals surface area contributed by atoms with Crippen LogP contribution in [0, 0.1) is 6.92 Å². The molecule has 2 heterocycles. The van der Waals surface area contributed by atoms with E-state index in [4.69, 9.17) is 0 Å². The Balaban J connectivity index is 2.33. The number of nitrogens with one attached hydrogen (secondary N) is 1. The Morgan fingerprint density at radius 1 is 1.30 bits per heavy atom. The lowest BCUT2D eigenvalue weighted by Crippen LogP contribution is -2.41. The first-order valence-corrected chi connectivity index (χ1v) is 7.67. The van der Waals surface area contributed by atoms with Crippen LogP contribution in [0.5, 0.6) is 0 Å². The number of anilines is 1. The SMILES string of the molecule is Cc1nn(C)c(N2CCCC2(C)C)c1CNC(C)(C)C. The Bertz CT molecular complexity index is 479. The Morgan fingerprint density at radius 2 is 1.95 bits per heavy atom. The summed E-state index contributed by atoms with van der Waals surface area (Å²) in [4.78, 5) is 2.53. The molecule has 114 valence electrons. The number of aromatic nitrogens is 2. The topological polar surface area (TPSA) is 33.1 Å². The van der Waals surface area contributed by atoms with Gasteiger partial charge in [0.2, 0.25) is 0 Å². The fraction of sp³-hybridized carbons (Fsp3) is 0.812. The molecule has 1 saturated heterocycles. The quantitative estimate of drug-likeness (QED) is 0.922. The zero-order valence-electron chi connectivity index (χ0n) is 14.2. The van der Waals surface area contributed by atoms with Crippen molar-refractivity contribution in [2.24, 2.45) is 7.05 Å². The summed E-state index contributed by atoms with van der Waals surface area (Å²) in [6.07, 6.45) is 2.52. The van der Waals surface area contributed by atoms with Crippen LogP contribution < -0.4 is 10.2 Å². The fourth-order valence-corrected chi connectivity index (χ4v) is 3.09. The van der Waals surface area contributed by atoms with Crippen molar-refractivity contribution in [2.75, 3.05) is 11.4 Å². The van der Waals surface area contributed by atoms with E-state index in [1.165, 1.54) is 24.2 Å². The van der Waals surface area contributed by atoms with Crippen molar-refractivity contribution in [1.82, 2.24) is 15.1 Å². The molecule has 0 spiro atoms. The number of aryl methyl sites for hydroxylation is 2. The third kappa shape index (κ3) is 3.00. The van der Waals surface area contributed by atoms with Gasteiger partial charge in [-0.3, -0.25) is 4.68 Å². The minimum atomic E-state index is 0.125.